The highest BCUT2D eigenvalue weighted by Gasteiger charge is 2.27. The Morgan fingerprint density at radius 1 is 0.756 bits per heavy atom. The lowest BCUT2D eigenvalue weighted by atomic mass is 10.1. The Labute approximate surface area is 310 Å². The van der Waals surface area contributed by atoms with Crippen LogP contribution in [-0.4, -0.2) is 47.2 Å². The fourth-order valence-corrected chi connectivity index (χ4v) is 8.98. The van der Waals surface area contributed by atoms with E-state index >= 15 is 0 Å². The smallest absolute Gasteiger partial charge is 0.253 e. The van der Waals surface area contributed by atoms with Gasteiger partial charge in [0.25, 0.3) is 11.8 Å². The molecule has 0 radical (unpaired) electrons. The first-order valence-electron chi connectivity index (χ1n) is 16.0. The highest BCUT2D eigenvalue weighted by Crippen LogP contribution is 2.35. The number of primary amides is 1. The fraction of sp³-hybridized carbons (Fsp3) is 0.618. The number of hydrogen-bond acceptors (Lipinski definition) is 5. The number of anilines is 1. The number of aliphatic hydroxyl groups excluding tert-OH is 2. The number of aliphatic hydroxyl groups is 2. The van der Waals surface area contributed by atoms with Gasteiger partial charge in [0.15, 0.2) is 0 Å². The summed E-state index contributed by atoms with van der Waals surface area (Å²) in [5.74, 6) is 10.8. The Balaban J connectivity index is 2.38. The molecule has 0 aliphatic rings. The van der Waals surface area contributed by atoms with Crippen LogP contribution in [0.5, 0.6) is 0 Å². The molecule has 0 spiro atoms. The number of carbonyl (C=O) groups excluding carboxylic acids is 3. The fourth-order valence-electron chi connectivity index (χ4n) is 4.52. The number of halogens is 3. The van der Waals surface area contributed by atoms with E-state index in [9.17, 15) is 19.5 Å². The lowest BCUT2D eigenvalue weighted by Gasteiger charge is -2.19. The number of hydrogen-bond donors (Lipinski definition) is 5. The van der Waals surface area contributed by atoms with Crippen molar-refractivity contribution in [3.8, 4) is 23.7 Å². The van der Waals surface area contributed by atoms with Crippen LogP contribution in [0.25, 0.3) is 0 Å². The topological polar surface area (TPSA) is 142 Å². The highest BCUT2D eigenvalue weighted by molar-refractivity contribution is 14.1. The van der Waals surface area contributed by atoms with Crippen molar-refractivity contribution >= 4 is 91.2 Å². The second-order valence-corrected chi connectivity index (χ2v) is 14.2. The molecule has 0 aliphatic carbocycles. The molecule has 1 rings (SSSR count). The van der Waals surface area contributed by atoms with Crippen molar-refractivity contribution in [1.82, 2.24) is 5.32 Å². The van der Waals surface area contributed by atoms with Crippen molar-refractivity contribution in [3.63, 3.8) is 0 Å². The van der Waals surface area contributed by atoms with E-state index in [4.69, 9.17) is 10.8 Å². The zero-order valence-electron chi connectivity index (χ0n) is 26.3. The molecule has 45 heavy (non-hydrogen) atoms. The summed E-state index contributed by atoms with van der Waals surface area (Å²) in [6.07, 6.45) is 17.4. The first-order chi connectivity index (χ1) is 21.6. The first-order valence-corrected chi connectivity index (χ1v) is 19.2. The summed E-state index contributed by atoms with van der Waals surface area (Å²) >= 11 is 5.81. The number of nitrogens with one attached hydrogen (secondary N) is 2. The summed E-state index contributed by atoms with van der Waals surface area (Å²) in [6.45, 7) is 1.58. The number of nitrogens with two attached hydrogens (primary N) is 1. The molecule has 1 aromatic carbocycles. The highest BCUT2D eigenvalue weighted by atomic mass is 127. The molecule has 250 valence electrons. The molecule has 6 N–H and O–H groups in total. The Morgan fingerprint density at radius 2 is 1.24 bits per heavy atom. The third kappa shape index (κ3) is 17.5. The SMILES string of the molecule is CCCCCCCCCCC#CC#CCCCCCCCCC(=O)Nc1c(I)c(C(N)=O)c(I)c(C(=O)NCC(O)CO)c1I. The van der Waals surface area contributed by atoms with Gasteiger partial charge < -0.3 is 26.6 Å². The van der Waals surface area contributed by atoms with E-state index in [1.54, 1.807) is 0 Å². The second kappa shape index (κ2) is 25.9. The van der Waals surface area contributed by atoms with E-state index in [1.807, 2.05) is 67.8 Å². The van der Waals surface area contributed by atoms with Gasteiger partial charge in [-0.05, 0) is 98.9 Å². The maximum absolute atomic E-state index is 12.9. The summed E-state index contributed by atoms with van der Waals surface area (Å²) in [6, 6.07) is 0. The summed E-state index contributed by atoms with van der Waals surface area (Å²) in [7, 11) is 0. The number of benzene rings is 1. The van der Waals surface area contributed by atoms with E-state index < -0.39 is 24.5 Å². The Kier molecular flexibility index (Phi) is 24.1. The van der Waals surface area contributed by atoms with Gasteiger partial charge in [-0.1, -0.05) is 89.4 Å². The maximum Gasteiger partial charge on any atom is 0.253 e. The summed E-state index contributed by atoms with van der Waals surface area (Å²) in [4.78, 5) is 37.9. The van der Waals surface area contributed by atoms with Gasteiger partial charge in [0.1, 0.15) is 0 Å². The van der Waals surface area contributed by atoms with Gasteiger partial charge in [0, 0.05) is 29.4 Å². The lowest BCUT2D eigenvalue weighted by Crippen LogP contribution is -2.35. The first kappa shape index (κ1) is 41.9. The zero-order chi connectivity index (χ0) is 33.5. The Bertz CT molecular complexity index is 1220. The lowest BCUT2D eigenvalue weighted by molar-refractivity contribution is -0.116. The molecule has 11 heteroatoms. The van der Waals surface area contributed by atoms with Crippen molar-refractivity contribution in [2.45, 2.75) is 122 Å². The van der Waals surface area contributed by atoms with Crippen LogP contribution in [0, 0.1) is 34.4 Å². The molecule has 0 saturated heterocycles. The largest absolute Gasteiger partial charge is 0.394 e. The molecule has 0 aliphatic heterocycles. The molecule has 0 heterocycles. The van der Waals surface area contributed by atoms with Crippen LogP contribution in [0.3, 0.4) is 0 Å². The van der Waals surface area contributed by atoms with E-state index in [2.05, 4.69) is 41.2 Å². The van der Waals surface area contributed by atoms with Crippen molar-refractivity contribution in [1.29, 1.82) is 0 Å². The molecular weight excluding hydrogens is 911 g/mol. The normalized spacial score (nSPS) is 11.2. The minimum Gasteiger partial charge on any atom is -0.394 e. The Morgan fingerprint density at radius 3 is 1.76 bits per heavy atom. The average molecular weight is 959 g/mol. The van der Waals surface area contributed by atoms with Gasteiger partial charge in [-0.15, -0.1) is 0 Å². The van der Waals surface area contributed by atoms with Crippen LogP contribution in [0.4, 0.5) is 5.69 Å². The van der Waals surface area contributed by atoms with Crippen LogP contribution in [-0.2, 0) is 4.79 Å². The molecule has 3 amide bonds. The van der Waals surface area contributed by atoms with Crippen LogP contribution < -0.4 is 16.4 Å². The number of amides is 3. The van der Waals surface area contributed by atoms with Crippen molar-refractivity contribution in [3.05, 3.63) is 21.8 Å². The van der Waals surface area contributed by atoms with Gasteiger partial charge in [-0.3, -0.25) is 14.4 Å². The van der Waals surface area contributed by atoms with E-state index in [0.29, 0.717) is 22.8 Å². The van der Waals surface area contributed by atoms with Crippen LogP contribution in [0.15, 0.2) is 0 Å². The minimum atomic E-state index is -1.12. The molecule has 0 bridgehead atoms. The second-order valence-electron chi connectivity index (χ2n) is 11.0. The van der Waals surface area contributed by atoms with E-state index in [0.717, 1.165) is 51.4 Å². The van der Waals surface area contributed by atoms with Gasteiger partial charge >= 0.3 is 0 Å². The van der Waals surface area contributed by atoms with Crippen molar-refractivity contribution in [2.75, 3.05) is 18.5 Å². The summed E-state index contributed by atoms with van der Waals surface area (Å²) in [5.41, 5.74) is 6.31. The van der Waals surface area contributed by atoms with Crippen LogP contribution in [0.1, 0.15) is 137 Å². The van der Waals surface area contributed by atoms with E-state index in [-0.39, 0.29) is 23.6 Å². The number of unbranched alkanes of at least 4 members (excludes halogenated alkanes) is 14. The van der Waals surface area contributed by atoms with Crippen LogP contribution >= 0.6 is 67.8 Å². The molecule has 1 unspecified atom stereocenters. The standard InChI is InChI=1S/C34H48I3N3O5/c1-2-3-4-5-6-7-8-9-10-11-12-13-14-15-16-17-18-19-20-21-22-26(43)40-32-30(36)27(33(38)44)29(35)28(31(32)37)34(45)39-23-25(42)24-41/h25,41-42H,2-10,15-24H2,1H3,(H2,38,44)(H,39,45)(H,40,43). The maximum atomic E-state index is 12.9. The molecule has 1 aromatic rings. The molecule has 0 fully saturated rings. The third-order valence-electron chi connectivity index (χ3n) is 7.11. The Hall–Kier alpha value is -1.14. The van der Waals surface area contributed by atoms with Gasteiger partial charge in [-0.2, -0.15) is 0 Å². The molecule has 8 nitrogen and oxygen atoms in total. The minimum absolute atomic E-state index is 0.148. The molecule has 0 aromatic heterocycles. The van der Waals surface area contributed by atoms with Crippen molar-refractivity contribution < 1.29 is 24.6 Å². The number of rotatable bonds is 22. The zero-order valence-corrected chi connectivity index (χ0v) is 32.8. The van der Waals surface area contributed by atoms with E-state index in [1.165, 1.54) is 51.4 Å². The van der Waals surface area contributed by atoms with Gasteiger partial charge in [0.2, 0.25) is 5.91 Å². The summed E-state index contributed by atoms with van der Waals surface area (Å²) < 4.78 is 1.29. The van der Waals surface area contributed by atoms with Crippen molar-refractivity contribution in [2.24, 2.45) is 5.73 Å². The summed E-state index contributed by atoms with van der Waals surface area (Å²) in [5, 5.41) is 24.0. The van der Waals surface area contributed by atoms with Gasteiger partial charge in [0.05, 0.1) is 36.7 Å². The quantitative estimate of drug-likeness (QED) is 0.0473. The predicted octanol–water partition coefficient (Wildman–Crippen LogP) is 7.28. The van der Waals surface area contributed by atoms with Gasteiger partial charge in [-0.25, -0.2) is 0 Å². The molecular formula is C34H48I3N3O5. The molecule has 1 atom stereocenters. The predicted molar refractivity (Wildman–Crippen MR) is 207 cm³/mol. The average Bonchev–Trinajstić information content (AvgIpc) is 3.00. The third-order valence-corrected chi connectivity index (χ3v) is 10.4. The number of carbonyl (C=O) groups is 3. The monoisotopic (exact) mass is 959 g/mol. The van der Waals surface area contributed by atoms with Crippen LogP contribution in [0.2, 0.25) is 0 Å². The molecule has 0 saturated carbocycles.